The normalized spacial score (nSPS) is 14.7. The largest absolute Gasteiger partial charge is 0.348 e. The van der Waals surface area contributed by atoms with Crippen LogP contribution in [0, 0.1) is 5.41 Å². The van der Waals surface area contributed by atoms with E-state index in [4.69, 9.17) is 28.6 Å². The molecular weight excluding hydrogens is 315 g/mol. The van der Waals surface area contributed by atoms with Gasteiger partial charge >= 0.3 is 0 Å². The number of nitrogens with one attached hydrogen (secondary N) is 2. The number of amides is 2. The van der Waals surface area contributed by atoms with E-state index in [1.165, 1.54) is 18.2 Å². The van der Waals surface area contributed by atoms with Crippen LogP contribution in [0.2, 0.25) is 10.0 Å². The number of anilines is 1. The lowest BCUT2D eigenvalue weighted by Gasteiger charge is -2.15. The first kappa shape index (κ1) is 15.5. The minimum Gasteiger partial charge on any atom is -0.348 e. The second kappa shape index (κ2) is 5.83. The molecule has 1 aromatic carbocycles. The maximum atomic E-state index is 12.3. The van der Waals surface area contributed by atoms with Crippen LogP contribution in [-0.2, 0) is 9.59 Å². The number of rotatable bonds is 3. The highest BCUT2D eigenvalue weighted by molar-refractivity contribution is 6.72. The molecule has 0 saturated carbocycles. The lowest BCUT2D eigenvalue weighted by Crippen LogP contribution is -2.42. The Hall–Kier alpha value is -1.92. The van der Waals surface area contributed by atoms with Crippen molar-refractivity contribution in [3.05, 3.63) is 28.2 Å². The lowest BCUT2D eigenvalue weighted by atomic mass is 10.2. The topological polar surface area (TPSA) is 85.6 Å². The molecule has 0 saturated heterocycles. The molecule has 0 radical (unpaired) electrons. The monoisotopic (exact) mass is 326 g/mol. The summed E-state index contributed by atoms with van der Waals surface area (Å²) < 4.78 is 0. The second-order valence-electron chi connectivity index (χ2n) is 4.68. The zero-order valence-electron chi connectivity index (χ0n) is 11.3. The Kier molecular flexibility index (Phi) is 4.29. The number of benzene rings is 1. The number of hydrogen-bond donors (Lipinski definition) is 2. The Bertz CT molecular complexity index is 650. The first-order valence-corrected chi connectivity index (χ1v) is 6.84. The Labute approximate surface area is 131 Å². The Balaban J connectivity index is 2.32. The molecule has 0 aromatic heterocycles. The number of carbonyl (C=O) groups is 2. The summed E-state index contributed by atoms with van der Waals surface area (Å²) in [7, 11) is 0. The fourth-order valence-corrected chi connectivity index (χ4v) is 2.31. The van der Waals surface area contributed by atoms with Crippen LogP contribution < -0.4 is 10.2 Å². The van der Waals surface area contributed by atoms with Crippen molar-refractivity contribution < 1.29 is 9.59 Å². The van der Waals surface area contributed by atoms with Gasteiger partial charge in [-0.2, -0.15) is 0 Å². The number of aliphatic imine (C=N–C) groups is 1. The molecule has 2 N–H and O–H groups in total. The van der Waals surface area contributed by atoms with Gasteiger partial charge in [0.05, 0.1) is 5.69 Å². The molecule has 1 aromatic rings. The van der Waals surface area contributed by atoms with Crippen LogP contribution in [0.5, 0.6) is 0 Å². The minimum absolute atomic E-state index is 0.142. The highest BCUT2D eigenvalue weighted by atomic mass is 35.5. The summed E-state index contributed by atoms with van der Waals surface area (Å²) in [6.45, 7) is 3.52. The number of hydrogen-bond acceptors (Lipinski definition) is 3. The van der Waals surface area contributed by atoms with E-state index in [1.54, 1.807) is 13.8 Å². The first-order chi connectivity index (χ1) is 9.79. The van der Waals surface area contributed by atoms with Gasteiger partial charge in [0.1, 0.15) is 0 Å². The van der Waals surface area contributed by atoms with E-state index in [2.05, 4.69) is 10.3 Å². The molecule has 0 unspecified atom stereocenters. The predicted octanol–water partition coefficient (Wildman–Crippen LogP) is 2.24. The summed E-state index contributed by atoms with van der Waals surface area (Å²) in [5, 5.41) is 11.0. The molecule has 0 spiro atoms. The molecule has 0 fully saturated rings. The van der Waals surface area contributed by atoms with Crippen molar-refractivity contribution in [2.45, 2.75) is 19.9 Å². The van der Waals surface area contributed by atoms with Crippen molar-refractivity contribution in [1.29, 1.82) is 5.41 Å². The van der Waals surface area contributed by atoms with Crippen LogP contribution in [0.15, 0.2) is 23.2 Å². The molecule has 8 heteroatoms. The number of halogens is 2. The summed E-state index contributed by atoms with van der Waals surface area (Å²) >= 11 is 11.8. The third-order valence-corrected chi connectivity index (χ3v) is 3.01. The van der Waals surface area contributed by atoms with Crippen LogP contribution in [-0.4, -0.2) is 29.5 Å². The summed E-state index contributed by atoms with van der Waals surface area (Å²) in [5.41, 5.74) is -0.0385. The fourth-order valence-electron chi connectivity index (χ4n) is 1.79. The van der Waals surface area contributed by atoms with Gasteiger partial charge in [-0.25, -0.2) is 9.89 Å². The van der Waals surface area contributed by atoms with Crippen LogP contribution in [0.1, 0.15) is 13.8 Å². The van der Waals surface area contributed by atoms with Crippen LogP contribution in [0.4, 0.5) is 5.69 Å². The van der Waals surface area contributed by atoms with E-state index < -0.39 is 11.8 Å². The van der Waals surface area contributed by atoms with Gasteiger partial charge in [-0.3, -0.25) is 15.0 Å². The smallest absolute Gasteiger partial charge is 0.289 e. The molecule has 1 heterocycles. The van der Waals surface area contributed by atoms with E-state index in [0.29, 0.717) is 15.7 Å². The second-order valence-corrected chi connectivity index (χ2v) is 5.55. The van der Waals surface area contributed by atoms with Crippen molar-refractivity contribution in [2.75, 3.05) is 4.90 Å². The number of carbonyl (C=O) groups excluding carboxylic acids is 2. The molecule has 0 bridgehead atoms. The summed E-state index contributed by atoms with van der Waals surface area (Å²) in [4.78, 5) is 28.9. The standard InChI is InChI=1S/C13H12Cl2N4O2/c1-6(2)17-11(20)10-12(21)19(13(16)18-10)9-4-7(14)3-8(15)5-9/h3-6,16H,1-2H3,(H,17,20). The van der Waals surface area contributed by atoms with Crippen molar-refractivity contribution in [3.8, 4) is 0 Å². The van der Waals surface area contributed by atoms with E-state index in [-0.39, 0.29) is 17.7 Å². The van der Waals surface area contributed by atoms with Gasteiger partial charge < -0.3 is 5.32 Å². The summed E-state index contributed by atoms with van der Waals surface area (Å²) in [5.74, 6) is -1.65. The van der Waals surface area contributed by atoms with Gasteiger partial charge in [0.2, 0.25) is 5.96 Å². The van der Waals surface area contributed by atoms with Gasteiger partial charge in [-0.15, -0.1) is 0 Å². The molecule has 2 amide bonds. The lowest BCUT2D eigenvalue weighted by molar-refractivity contribution is -0.117. The van der Waals surface area contributed by atoms with E-state index >= 15 is 0 Å². The van der Waals surface area contributed by atoms with E-state index in [0.717, 1.165) is 4.90 Å². The third-order valence-electron chi connectivity index (χ3n) is 2.58. The van der Waals surface area contributed by atoms with Crippen molar-refractivity contribution in [2.24, 2.45) is 4.99 Å². The molecule has 2 rings (SSSR count). The number of guanidine groups is 1. The Morgan fingerprint density at radius 1 is 1.29 bits per heavy atom. The minimum atomic E-state index is -0.684. The van der Waals surface area contributed by atoms with Gasteiger partial charge in [0.25, 0.3) is 11.8 Å². The first-order valence-electron chi connectivity index (χ1n) is 6.08. The Morgan fingerprint density at radius 3 is 2.38 bits per heavy atom. The van der Waals surface area contributed by atoms with E-state index in [1.807, 2.05) is 0 Å². The Morgan fingerprint density at radius 2 is 1.86 bits per heavy atom. The quantitative estimate of drug-likeness (QED) is 0.892. The average Bonchev–Trinajstić information content (AvgIpc) is 2.62. The van der Waals surface area contributed by atoms with Crippen LogP contribution >= 0.6 is 23.2 Å². The van der Waals surface area contributed by atoms with Gasteiger partial charge in [-0.05, 0) is 32.0 Å². The molecule has 21 heavy (non-hydrogen) atoms. The molecule has 1 aliphatic heterocycles. The summed E-state index contributed by atoms with van der Waals surface area (Å²) in [6, 6.07) is 4.30. The SMILES string of the molecule is CC(C)NC(=O)C1=NC(=N)N(c2cc(Cl)cc(Cl)c2)C1=O. The van der Waals surface area contributed by atoms with Gasteiger partial charge in [-0.1, -0.05) is 23.2 Å². The highest BCUT2D eigenvalue weighted by Crippen LogP contribution is 2.27. The maximum Gasteiger partial charge on any atom is 0.289 e. The zero-order chi connectivity index (χ0) is 15.7. The van der Waals surface area contributed by atoms with Gasteiger partial charge in [0.15, 0.2) is 5.71 Å². The fraction of sp³-hybridized carbons (Fsp3) is 0.231. The third kappa shape index (κ3) is 3.22. The predicted molar refractivity (Wildman–Crippen MR) is 82.4 cm³/mol. The molecular formula is C13H12Cl2N4O2. The van der Waals surface area contributed by atoms with Gasteiger partial charge in [0, 0.05) is 16.1 Å². The average molecular weight is 327 g/mol. The van der Waals surface area contributed by atoms with Crippen molar-refractivity contribution in [1.82, 2.24) is 5.32 Å². The molecule has 0 atom stereocenters. The van der Waals surface area contributed by atoms with Crippen molar-refractivity contribution >= 4 is 52.4 Å². The number of nitrogens with zero attached hydrogens (tertiary/aromatic N) is 2. The summed E-state index contributed by atoms with van der Waals surface area (Å²) in [6.07, 6.45) is 0. The van der Waals surface area contributed by atoms with Crippen molar-refractivity contribution in [3.63, 3.8) is 0 Å². The highest BCUT2D eigenvalue weighted by Gasteiger charge is 2.36. The van der Waals surface area contributed by atoms with E-state index in [9.17, 15) is 9.59 Å². The molecule has 1 aliphatic rings. The van der Waals surface area contributed by atoms with Crippen LogP contribution in [0.25, 0.3) is 0 Å². The maximum absolute atomic E-state index is 12.3. The van der Waals surface area contributed by atoms with Crippen LogP contribution in [0.3, 0.4) is 0 Å². The molecule has 0 aliphatic carbocycles. The zero-order valence-corrected chi connectivity index (χ0v) is 12.8. The molecule has 6 nitrogen and oxygen atoms in total. The molecule has 110 valence electrons.